The molecular weight excluding hydrogens is 596 g/mol. The number of carbonyl (C=O) groups is 4. The number of hydrogen-bond donors (Lipinski definition) is 6. The molecule has 0 aromatic heterocycles. The zero-order valence-corrected chi connectivity index (χ0v) is 27.2. The van der Waals surface area contributed by atoms with Gasteiger partial charge in [-0.15, -0.1) is 0 Å². The van der Waals surface area contributed by atoms with Crippen LogP contribution in [0, 0.1) is 11.8 Å². The molecule has 5 rings (SSSR count). The molecule has 3 aliphatic carbocycles. The highest BCUT2D eigenvalue weighted by Crippen LogP contribution is 2.54. The number of hydrogen-bond acceptors (Lipinski definition) is 12. The van der Waals surface area contributed by atoms with Gasteiger partial charge >= 0.3 is 0 Å². The lowest BCUT2D eigenvalue weighted by atomic mass is 9.57. The topological polar surface area (TPSA) is 186 Å². The van der Waals surface area contributed by atoms with Gasteiger partial charge in [0.2, 0.25) is 11.7 Å². The number of Topliss-reactive ketones (excluding diaryl/α,β-unsaturated/α-hetero) is 2. The SMILES string of the molecule is CN(C)CC(=O)Nc1cc(N(C)C)c2c(c1O)C(O)=C1C(=O)[C@]3(O)C(O)=C(C(=O)NCN4CCCC4)C(=O)[C@@H](N(C)C)C3CC1C2. The molecule has 250 valence electrons. The number of aliphatic hydroxyl groups excluding tert-OH is 2. The fraction of sp³-hybridized carbons (Fsp3) is 0.562. The summed E-state index contributed by atoms with van der Waals surface area (Å²) in [5.74, 6) is -6.99. The number of benzene rings is 1. The monoisotopic (exact) mass is 640 g/mol. The van der Waals surface area contributed by atoms with Crippen molar-refractivity contribution < 1.29 is 39.6 Å². The predicted molar refractivity (Wildman–Crippen MR) is 170 cm³/mol. The zero-order valence-electron chi connectivity index (χ0n) is 27.2. The van der Waals surface area contributed by atoms with Crippen molar-refractivity contribution >= 4 is 40.5 Å². The van der Waals surface area contributed by atoms with Gasteiger partial charge in [-0.1, -0.05) is 0 Å². The first-order valence-electron chi connectivity index (χ1n) is 15.5. The summed E-state index contributed by atoms with van der Waals surface area (Å²) in [7, 11) is 10.2. The molecule has 1 aromatic carbocycles. The van der Waals surface area contributed by atoms with E-state index in [2.05, 4.69) is 10.6 Å². The fourth-order valence-electron chi connectivity index (χ4n) is 7.46. The first kappa shape index (κ1) is 33.4. The molecule has 1 aromatic rings. The van der Waals surface area contributed by atoms with Crippen LogP contribution in [0.2, 0.25) is 0 Å². The minimum atomic E-state index is -2.70. The zero-order chi connectivity index (χ0) is 33.8. The third kappa shape index (κ3) is 5.42. The summed E-state index contributed by atoms with van der Waals surface area (Å²) < 4.78 is 0. The predicted octanol–water partition coefficient (Wildman–Crippen LogP) is 0.214. The highest BCUT2D eigenvalue weighted by molar-refractivity contribution is 6.25. The van der Waals surface area contributed by atoms with Gasteiger partial charge in [0.1, 0.15) is 22.8 Å². The number of rotatable bonds is 8. The number of anilines is 2. The summed E-state index contributed by atoms with van der Waals surface area (Å²) in [4.78, 5) is 61.1. The molecule has 1 saturated heterocycles. The number of phenolic OH excluding ortho intramolecular Hbond substituents is 1. The lowest BCUT2D eigenvalue weighted by molar-refractivity contribution is -0.153. The van der Waals surface area contributed by atoms with Crippen LogP contribution in [-0.4, -0.2) is 139 Å². The normalized spacial score (nSPS) is 26.3. The van der Waals surface area contributed by atoms with E-state index in [9.17, 15) is 39.6 Å². The second kappa shape index (κ2) is 12.3. The maximum absolute atomic E-state index is 14.4. The highest BCUT2D eigenvalue weighted by Gasteiger charge is 2.64. The second-order valence-corrected chi connectivity index (χ2v) is 13.4. The number of amides is 2. The van der Waals surface area contributed by atoms with Crippen LogP contribution in [0.1, 0.15) is 30.4 Å². The maximum atomic E-state index is 14.4. The number of phenols is 1. The molecule has 0 radical (unpaired) electrons. The summed E-state index contributed by atoms with van der Waals surface area (Å²) in [5, 5.41) is 52.0. The fourth-order valence-corrected chi connectivity index (χ4v) is 7.46. The average Bonchev–Trinajstić information content (AvgIpc) is 3.48. The third-order valence-corrected chi connectivity index (χ3v) is 9.56. The Balaban J connectivity index is 1.62. The standard InChI is InChI=1S/C32H44N6O8/c1-35(2)14-21(39)34-19-13-20(36(3)4)17-11-16-12-18-25(37(5)6)28(42)24(31(45)33-15-38-9-7-8-10-38)30(44)32(18,46)29(43)22(16)27(41)23(17)26(19)40/h13,16,18,25,40-41,44,46H,7-12,14-15H2,1-6H3,(H,33,45)(H,34,39)/t16?,18?,25-,32-/m0/s1. The summed E-state index contributed by atoms with van der Waals surface area (Å²) in [6, 6.07) is 0.466. The largest absolute Gasteiger partial charge is 0.508 e. The van der Waals surface area contributed by atoms with Crippen molar-refractivity contribution in [2.45, 2.75) is 37.3 Å². The van der Waals surface area contributed by atoms with Crippen LogP contribution in [0.4, 0.5) is 11.4 Å². The van der Waals surface area contributed by atoms with Crippen LogP contribution < -0.4 is 15.5 Å². The molecule has 6 N–H and O–H groups in total. The van der Waals surface area contributed by atoms with E-state index < -0.39 is 69.7 Å². The second-order valence-electron chi connectivity index (χ2n) is 13.4. The van der Waals surface area contributed by atoms with Gasteiger partial charge in [-0.3, -0.25) is 29.0 Å². The molecule has 4 aliphatic rings. The smallest absolute Gasteiger partial charge is 0.259 e. The summed E-state index contributed by atoms with van der Waals surface area (Å²) in [5.41, 5.74) is -2.57. The third-order valence-electron chi connectivity index (χ3n) is 9.56. The van der Waals surface area contributed by atoms with Gasteiger partial charge < -0.3 is 40.9 Å². The van der Waals surface area contributed by atoms with Gasteiger partial charge in [-0.25, -0.2) is 0 Å². The molecule has 1 heterocycles. The summed E-state index contributed by atoms with van der Waals surface area (Å²) in [6.45, 7) is 1.70. The molecule has 1 saturated carbocycles. The summed E-state index contributed by atoms with van der Waals surface area (Å²) in [6.07, 6.45) is 2.11. The number of likely N-dealkylation sites (tertiary alicyclic amines) is 1. The molecule has 14 nitrogen and oxygen atoms in total. The maximum Gasteiger partial charge on any atom is 0.259 e. The quantitative estimate of drug-likeness (QED) is 0.168. The Bertz CT molecular complexity index is 1540. The molecular formula is C32H44N6O8. The van der Waals surface area contributed by atoms with Crippen LogP contribution >= 0.6 is 0 Å². The van der Waals surface area contributed by atoms with Crippen molar-refractivity contribution in [1.82, 2.24) is 20.0 Å². The molecule has 2 amide bonds. The molecule has 46 heavy (non-hydrogen) atoms. The number of aromatic hydroxyl groups is 1. The van der Waals surface area contributed by atoms with Gasteiger partial charge in [0.05, 0.1) is 30.5 Å². The van der Waals surface area contributed by atoms with E-state index in [1.165, 1.54) is 4.90 Å². The molecule has 14 heteroatoms. The van der Waals surface area contributed by atoms with E-state index >= 15 is 0 Å². The van der Waals surface area contributed by atoms with Gasteiger partial charge in [0, 0.05) is 31.3 Å². The molecule has 1 aliphatic heterocycles. The van der Waals surface area contributed by atoms with E-state index in [0.29, 0.717) is 11.3 Å². The van der Waals surface area contributed by atoms with Crippen LogP contribution in [0.5, 0.6) is 5.75 Å². The van der Waals surface area contributed by atoms with Crippen molar-refractivity contribution in [2.24, 2.45) is 11.8 Å². The Morgan fingerprint density at radius 3 is 2.28 bits per heavy atom. The van der Waals surface area contributed by atoms with Crippen molar-refractivity contribution in [2.75, 3.05) is 78.8 Å². The lowest BCUT2D eigenvalue weighted by Gasteiger charge is -2.50. The highest BCUT2D eigenvalue weighted by atomic mass is 16.3. The Morgan fingerprint density at radius 2 is 1.70 bits per heavy atom. The van der Waals surface area contributed by atoms with Crippen LogP contribution in [0.3, 0.4) is 0 Å². The number of aliphatic hydroxyl groups is 3. The molecule has 0 spiro atoms. The Labute approximate surface area is 267 Å². The van der Waals surface area contributed by atoms with Gasteiger partial charge in [-0.2, -0.15) is 0 Å². The van der Waals surface area contributed by atoms with Gasteiger partial charge in [-0.05, 0) is 84.5 Å². The van der Waals surface area contributed by atoms with E-state index in [-0.39, 0.29) is 42.9 Å². The van der Waals surface area contributed by atoms with Gasteiger partial charge in [0.25, 0.3) is 5.91 Å². The van der Waals surface area contributed by atoms with Crippen molar-refractivity contribution in [3.05, 3.63) is 34.1 Å². The number of carbonyl (C=O) groups excluding carboxylic acids is 4. The lowest BCUT2D eigenvalue weighted by Crippen LogP contribution is -2.66. The van der Waals surface area contributed by atoms with Gasteiger partial charge in [0.15, 0.2) is 11.4 Å². The van der Waals surface area contributed by atoms with Crippen molar-refractivity contribution in [1.29, 1.82) is 0 Å². The van der Waals surface area contributed by atoms with E-state index in [0.717, 1.165) is 25.9 Å². The van der Waals surface area contributed by atoms with Crippen molar-refractivity contribution in [3.8, 4) is 5.75 Å². The molecule has 2 unspecified atom stereocenters. The van der Waals surface area contributed by atoms with E-state index in [1.54, 1.807) is 58.2 Å². The van der Waals surface area contributed by atoms with Crippen molar-refractivity contribution in [3.63, 3.8) is 0 Å². The minimum Gasteiger partial charge on any atom is -0.508 e. The van der Waals surface area contributed by atoms with Crippen LogP contribution in [0.25, 0.3) is 5.76 Å². The number of nitrogens with one attached hydrogen (secondary N) is 2. The Kier molecular flexibility index (Phi) is 8.94. The number of nitrogens with zero attached hydrogens (tertiary/aromatic N) is 4. The number of fused-ring (bicyclic) bond motifs is 3. The molecule has 4 atom stereocenters. The first-order valence-corrected chi connectivity index (χ1v) is 15.5. The first-order chi connectivity index (χ1) is 21.6. The Hall–Kier alpha value is -3.98. The average molecular weight is 641 g/mol. The molecule has 2 fully saturated rings. The molecule has 0 bridgehead atoms. The van der Waals surface area contributed by atoms with E-state index in [4.69, 9.17) is 0 Å². The number of likely N-dealkylation sites (N-methyl/N-ethyl adjacent to an activating group) is 2. The van der Waals surface area contributed by atoms with Crippen LogP contribution in [0.15, 0.2) is 23.0 Å². The minimum absolute atomic E-state index is 0.0113. The van der Waals surface area contributed by atoms with Crippen LogP contribution in [-0.2, 0) is 25.6 Å². The summed E-state index contributed by atoms with van der Waals surface area (Å²) >= 11 is 0. The number of ketones is 2. The van der Waals surface area contributed by atoms with E-state index in [1.807, 2.05) is 4.90 Å². The Morgan fingerprint density at radius 1 is 1.04 bits per heavy atom.